The second-order valence-electron chi connectivity index (χ2n) is 11.5. The summed E-state index contributed by atoms with van der Waals surface area (Å²) in [6.07, 6.45) is 3.20. The number of hydrogen-bond acceptors (Lipinski definition) is 8. The molecule has 42 heavy (non-hydrogen) atoms. The maximum Gasteiger partial charge on any atom is 0.255 e. The lowest BCUT2D eigenvalue weighted by molar-refractivity contribution is 0.102. The van der Waals surface area contributed by atoms with E-state index in [2.05, 4.69) is 82.1 Å². The van der Waals surface area contributed by atoms with E-state index < -0.39 is 0 Å². The van der Waals surface area contributed by atoms with E-state index in [1.54, 1.807) is 35.0 Å². The highest BCUT2D eigenvalue weighted by atomic mass is 16.5. The first-order valence-corrected chi connectivity index (χ1v) is 13.8. The number of rotatable bonds is 5. The molecule has 4 aromatic rings. The molecule has 10 nitrogen and oxygen atoms in total. The van der Waals surface area contributed by atoms with Crippen molar-refractivity contribution in [3.05, 3.63) is 82.4 Å². The SMILES string of the molecule is COc1cn2c(C#Cc3cc(C#N)cc(NC(=O)c4ccc(CN5CCN(C)CC5)c(C(C)(C)C)c4)c3)nnc2cn1. The Morgan fingerprint density at radius 3 is 2.52 bits per heavy atom. The minimum atomic E-state index is -0.247. The molecule has 1 fully saturated rings. The Balaban J connectivity index is 1.38. The normalized spacial score (nSPS) is 14.2. The molecule has 0 saturated carbocycles. The zero-order chi connectivity index (χ0) is 29.9. The highest BCUT2D eigenvalue weighted by molar-refractivity contribution is 6.04. The molecule has 0 radical (unpaired) electrons. The first kappa shape index (κ1) is 28.7. The van der Waals surface area contributed by atoms with E-state index in [4.69, 9.17) is 4.74 Å². The average Bonchev–Trinajstić information content (AvgIpc) is 3.38. The highest BCUT2D eigenvalue weighted by Crippen LogP contribution is 2.29. The summed E-state index contributed by atoms with van der Waals surface area (Å²) in [4.78, 5) is 22.3. The Bertz CT molecular complexity index is 1730. The van der Waals surface area contributed by atoms with Gasteiger partial charge in [0.25, 0.3) is 5.91 Å². The van der Waals surface area contributed by atoms with Crippen LogP contribution in [0.1, 0.15) is 59.2 Å². The second-order valence-corrected chi connectivity index (χ2v) is 11.5. The number of nitriles is 1. The molecule has 1 aliphatic rings. The van der Waals surface area contributed by atoms with E-state index in [0.717, 1.165) is 38.3 Å². The van der Waals surface area contributed by atoms with Gasteiger partial charge in [-0.25, -0.2) is 4.98 Å². The van der Waals surface area contributed by atoms with Crippen LogP contribution in [0.15, 0.2) is 48.8 Å². The van der Waals surface area contributed by atoms with E-state index >= 15 is 0 Å². The predicted octanol–water partition coefficient (Wildman–Crippen LogP) is 3.70. The quantitative estimate of drug-likeness (QED) is 0.367. The molecule has 2 aromatic heterocycles. The first-order chi connectivity index (χ1) is 20.1. The van der Waals surface area contributed by atoms with Gasteiger partial charge in [0.1, 0.15) is 0 Å². The van der Waals surface area contributed by atoms with Crippen molar-refractivity contribution in [2.45, 2.75) is 32.7 Å². The van der Waals surface area contributed by atoms with Crippen molar-refractivity contribution < 1.29 is 9.53 Å². The molecule has 1 N–H and O–H groups in total. The van der Waals surface area contributed by atoms with Crippen LogP contribution in [0.5, 0.6) is 5.88 Å². The number of benzene rings is 2. The number of hydrogen-bond donors (Lipinski definition) is 1. The number of piperazine rings is 1. The van der Waals surface area contributed by atoms with E-state index in [1.165, 1.54) is 12.7 Å². The number of nitrogens with zero attached hydrogens (tertiary/aromatic N) is 7. The summed E-state index contributed by atoms with van der Waals surface area (Å²) in [7, 11) is 3.68. The van der Waals surface area contributed by atoms with Gasteiger partial charge in [0.15, 0.2) is 5.65 Å². The van der Waals surface area contributed by atoms with Crippen molar-refractivity contribution in [1.29, 1.82) is 5.26 Å². The molecule has 1 saturated heterocycles. The number of carbonyl (C=O) groups is 1. The monoisotopic (exact) mass is 562 g/mol. The van der Waals surface area contributed by atoms with Gasteiger partial charge in [0, 0.05) is 49.5 Å². The van der Waals surface area contributed by atoms with E-state index in [-0.39, 0.29) is 11.3 Å². The number of likely N-dealkylation sites (N-methyl/N-ethyl adjacent to an activating group) is 1. The molecule has 3 heterocycles. The lowest BCUT2D eigenvalue weighted by Gasteiger charge is -2.34. The summed E-state index contributed by atoms with van der Waals surface area (Å²) in [6, 6.07) is 13.1. The molecule has 1 aliphatic heterocycles. The summed E-state index contributed by atoms with van der Waals surface area (Å²) in [5.41, 5.74) is 4.78. The van der Waals surface area contributed by atoms with Gasteiger partial charge < -0.3 is 15.0 Å². The minimum Gasteiger partial charge on any atom is -0.480 e. The van der Waals surface area contributed by atoms with Crippen molar-refractivity contribution in [3.63, 3.8) is 0 Å². The molecule has 0 bridgehead atoms. The van der Waals surface area contributed by atoms with Gasteiger partial charge in [-0.3, -0.25) is 14.1 Å². The highest BCUT2D eigenvalue weighted by Gasteiger charge is 2.23. The van der Waals surface area contributed by atoms with Gasteiger partial charge >= 0.3 is 0 Å². The number of fused-ring (bicyclic) bond motifs is 1. The third-order valence-corrected chi connectivity index (χ3v) is 7.29. The van der Waals surface area contributed by atoms with E-state index in [0.29, 0.717) is 39.7 Å². The van der Waals surface area contributed by atoms with Crippen molar-refractivity contribution in [3.8, 4) is 23.8 Å². The van der Waals surface area contributed by atoms with Crippen LogP contribution in [-0.4, -0.2) is 75.6 Å². The van der Waals surface area contributed by atoms with Gasteiger partial charge in [-0.15, -0.1) is 10.2 Å². The Kier molecular flexibility index (Phi) is 8.21. The Morgan fingerprint density at radius 2 is 1.81 bits per heavy atom. The minimum absolute atomic E-state index is 0.131. The van der Waals surface area contributed by atoms with Crippen molar-refractivity contribution in [1.82, 2.24) is 29.4 Å². The predicted molar refractivity (Wildman–Crippen MR) is 160 cm³/mol. The third-order valence-electron chi connectivity index (χ3n) is 7.29. The smallest absolute Gasteiger partial charge is 0.255 e. The van der Waals surface area contributed by atoms with Crippen LogP contribution in [0, 0.1) is 23.2 Å². The number of anilines is 1. The number of ether oxygens (including phenoxy) is 1. The zero-order valence-corrected chi connectivity index (χ0v) is 24.6. The second kappa shape index (κ2) is 12.0. The van der Waals surface area contributed by atoms with Crippen LogP contribution in [0.25, 0.3) is 5.65 Å². The molecule has 214 valence electrons. The molecule has 0 aliphatic carbocycles. The van der Waals surface area contributed by atoms with Crippen molar-refractivity contribution in [2.24, 2.45) is 0 Å². The van der Waals surface area contributed by atoms with Gasteiger partial charge in [-0.2, -0.15) is 5.26 Å². The molecule has 0 unspecified atom stereocenters. The van der Waals surface area contributed by atoms with Crippen molar-refractivity contribution >= 4 is 17.2 Å². The molecule has 5 rings (SSSR count). The van der Waals surface area contributed by atoms with Crippen LogP contribution < -0.4 is 10.1 Å². The topological polar surface area (TPSA) is 112 Å². The van der Waals surface area contributed by atoms with Gasteiger partial charge in [0.2, 0.25) is 11.7 Å². The Labute approximate surface area is 245 Å². The fourth-order valence-corrected chi connectivity index (χ4v) is 4.94. The molecular formula is C32H34N8O2. The number of nitrogens with one attached hydrogen (secondary N) is 1. The zero-order valence-electron chi connectivity index (χ0n) is 24.6. The number of carbonyl (C=O) groups excluding carboxylic acids is 1. The Morgan fingerprint density at radius 1 is 1.05 bits per heavy atom. The van der Waals surface area contributed by atoms with Crippen LogP contribution in [-0.2, 0) is 12.0 Å². The number of methoxy groups -OCH3 is 1. The van der Waals surface area contributed by atoms with E-state index in [1.807, 2.05) is 12.1 Å². The van der Waals surface area contributed by atoms with E-state index in [9.17, 15) is 10.1 Å². The molecule has 0 atom stereocenters. The van der Waals surface area contributed by atoms with Crippen LogP contribution in [0.2, 0.25) is 0 Å². The molecular weight excluding hydrogens is 528 g/mol. The standard InChI is InChI=1S/C32H34N8O2/c1-32(2,3)27-17-24(7-8-25(27)20-39-12-10-38(4)11-13-39)31(41)35-26-15-22(14-23(16-26)18-33)6-9-28-36-37-29-19-34-30(42-5)21-40(28)29/h7-8,14-17,19,21H,10-13,20H2,1-5H3,(H,35,41). The Hall–Kier alpha value is -4.77. The van der Waals surface area contributed by atoms with Crippen LogP contribution >= 0.6 is 0 Å². The molecule has 1 amide bonds. The molecule has 10 heteroatoms. The van der Waals surface area contributed by atoms with Gasteiger partial charge in [-0.05, 0) is 59.8 Å². The molecule has 0 spiro atoms. The summed E-state index contributed by atoms with van der Waals surface area (Å²) in [6.45, 7) is 11.5. The summed E-state index contributed by atoms with van der Waals surface area (Å²) >= 11 is 0. The van der Waals surface area contributed by atoms with Crippen LogP contribution in [0.3, 0.4) is 0 Å². The van der Waals surface area contributed by atoms with Crippen molar-refractivity contribution in [2.75, 3.05) is 45.7 Å². The fraction of sp³-hybridized carbons (Fsp3) is 0.344. The first-order valence-electron chi connectivity index (χ1n) is 13.8. The van der Waals surface area contributed by atoms with Crippen LogP contribution in [0.4, 0.5) is 5.69 Å². The lowest BCUT2D eigenvalue weighted by atomic mass is 9.82. The molecule has 2 aromatic carbocycles. The fourth-order valence-electron chi connectivity index (χ4n) is 4.94. The maximum atomic E-state index is 13.4. The maximum absolute atomic E-state index is 13.4. The summed E-state index contributed by atoms with van der Waals surface area (Å²) in [5, 5.41) is 20.8. The number of aromatic nitrogens is 4. The largest absolute Gasteiger partial charge is 0.480 e. The van der Waals surface area contributed by atoms with Gasteiger partial charge in [-0.1, -0.05) is 32.8 Å². The lowest BCUT2D eigenvalue weighted by Crippen LogP contribution is -2.44. The number of amides is 1. The third kappa shape index (κ3) is 6.58. The summed E-state index contributed by atoms with van der Waals surface area (Å²) in [5.74, 6) is 6.58. The average molecular weight is 563 g/mol. The summed E-state index contributed by atoms with van der Waals surface area (Å²) < 4.78 is 6.86. The van der Waals surface area contributed by atoms with Gasteiger partial charge in [0.05, 0.1) is 31.1 Å².